The second-order valence-corrected chi connectivity index (χ2v) is 26.4. The predicted octanol–water partition coefficient (Wildman–Crippen LogP) is 15.0. The predicted molar refractivity (Wildman–Crippen MR) is 397 cm³/mol. The maximum absolute atomic E-state index is 15.2. The summed E-state index contributed by atoms with van der Waals surface area (Å²) in [7, 11) is 1.56. The molecule has 3 heterocycles. The minimum atomic E-state index is -1.54. The van der Waals surface area contributed by atoms with Gasteiger partial charge in [0.1, 0.15) is 67.1 Å². The summed E-state index contributed by atoms with van der Waals surface area (Å²) in [6, 6.07) is 97.7. The Morgan fingerprint density at radius 3 is 0.745 bits per heavy atom. The Balaban J connectivity index is 0.956. The lowest BCUT2D eigenvalue weighted by Crippen LogP contribution is -2.68. The molecule has 0 N–H and O–H groups in total. The Morgan fingerprint density at radius 1 is 0.255 bits per heavy atom. The van der Waals surface area contributed by atoms with Gasteiger partial charge in [0.05, 0.1) is 84.8 Å². The minimum absolute atomic E-state index is 0.0214. The van der Waals surface area contributed by atoms with Crippen molar-refractivity contribution in [2.45, 2.75) is 152 Å². The molecule has 17 heteroatoms. The van der Waals surface area contributed by atoms with Gasteiger partial charge in [-0.15, -0.1) is 0 Å². The van der Waals surface area contributed by atoms with Crippen molar-refractivity contribution < 1.29 is 80.6 Å². The smallest absolute Gasteiger partial charge is 0.338 e. The lowest BCUT2D eigenvalue weighted by atomic mass is 9.95. The van der Waals surface area contributed by atoms with Crippen molar-refractivity contribution in [3.05, 3.63) is 359 Å². The highest BCUT2D eigenvalue weighted by Crippen LogP contribution is 2.40. The molecule has 0 aromatic heterocycles. The lowest BCUT2D eigenvalue weighted by molar-refractivity contribution is -0.403. The summed E-state index contributed by atoms with van der Waals surface area (Å²) in [5.74, 6) is -0.675. The van der Waals surface area contributed by atoms with E-state index in [0.717, 1.165) is 50.1 Å². The fourth-order valence-electron chi connectivity index (χ4n) is 13.3. The van der Waals surface area contributed by atoms with Gasteiger partial charge in [-0.25, -0.2) is 4.79 Å². The first-order valence-electron chi connectivity index (χ1n) is 36.3. The average molecular weight is 1430 g/mol. The van der Waals surface area contributed by atoms with Crippen LogP contribution in [0.2, 0.25) is 0 Å². The third kappa shape index (κ3) is 21.7. The van der Waals surface area contributed by atoms with Crippen LogP contribution in [0, 0.1) is 0 Å². The van der Waals surface area contributed by atoms with Crippen LogP contribution in [0.1, 0.15) is 60.4 Å². The minimum Gasteiger partial charge on any atom is -0.450 e. The molecule has 106 heavy (non-hydrogen) atoms. The Morgan fingerprint density at radius 2 is 0.472 bits per heavy atom. The highest BCUT2D eigenvalue weighted by molar-refractivity contribution is 5.89. The number of hydrogen-bond acceptors (Lipinski definition) is 17. The molecule has 3 saturated heterocycles. The molecule has 3 aliphatic heterocycles. The molecular weight excluding hydrogens is 1340 g/mol. The van der Waals surface area contributed by atoms with Crippen molar-refractivity contribution >= 4 is 5.97 Å². The zero-order valence-corrected chi connectivity index (χ0v) is 59.5. The number of rotatable bonds is 37. The topological polar surface area (TPSA) is 165 Å². The third-order valence-electron chi connectivity index (χ3n) is 18.7. The Labute approximate surface area is 620 Å². The molecule has 0 radical (unpaired) electrons. The quantitative estimate of drug-likeness (QED) is 0.0337. The normalized spacial score (nSPS) is 24.4. The first-order valence-corrected chi connectivity index (χ1v) is 36.3. The van der Waals surface area contributed by atoms with Crippen LogP contribution in [0.5, 0.6) is 0 Å². The van der Waals surface area contributed by atoms with E-state index >= 15 is 4.79 Å². The molecule has 0 spiro atoms. The van der Waals surface area contributed by atoms with Crippen molar-refractivity contribution in [3.63, 3.8) is 0 Å². The van der Waals surface area contributed by atoms with E-state index in [4.69, 9.17) is 75.8 Å². The van der Waals surface area contributed by atoms with E-state index in [1.165, 1.54) is 0 Å². The monoisotopic (exact) mass is 1430 g/mol. The molecule has 0 unspecified atom stereocenters. The number of carbonyl (C=O) groups excluding carboxylic acids is 1. The summed E-state index contributed by atoms with van der Waals surface area (Å²) in [6.45, 7) is 1.44. The van der Waals surface area contributed by atoms with Gasteiger partial charge in [-0.2, -0.15) is 0 Å². The van der Waals surface area contributed by atoms with Crippen LogP contribution in [0.3, 0.4) is 0 Å². The van der Waals surface area contributed by atoms with Crippen molar-refractivity contribution in [1.82, 2.24) is 0 Å². The number of ether oxygens (including phenoxy) is 16. The number of benzene rings is 10. The van der Waals surface area contributed by atoms with Gasteiger partial charge in [-0.05, 0) is 62.2 Å². The first kappa shape index (κ1) is 75.3. The van der Waals surface area contributed by atoms with Crippen LogP contribution in [-0.4, -0.2) is 125 Å². The molecule has 550 valence electrons. The summed E-state index contributed by atoms with van der Waals surface area (Å²) >= 11 is 0. The summed E-state index contributed by atoms with van der Waals surface area (Å²) in [6.07, 6.45) is -17.0. The van der Waals surface area contributed by atoms with E-state index in [2.05, 4.69) is 0 Å². The van der Waals surface area contributed by atoms with Crippen LogP contribution in [0.25, 0.3) is 0 Å². The molecule has 0 saturated carbocycles. The van der Waals surface area contributed by atoms with Crippen molar-refractivity contribution in [2.75, 3.05) is 26.9 Å². The van der Waals surface area contributed by atoms with Crippen LogP contribution >= 0.6 is 0 Å². The Hall–Kier alpha value is -8.93. The maximum atomic E-state index is 15.2. The number of methoxy groups -OCH3 is 1. The highest BCUT2D eigenvalue weighted by atomic mass is 16.8. The lowest BCUT2D eigenvalue weighted by Gasteiger charge is -2.51. The number of esters is 1. The van der Waals surface area contributed by atoms with E-state index in [0.29, 0.717) is 6.61 Å². The third-order valence-corrected chi connectivity index (χ3v) is 18.7. The number of hydrogen-bond donors (Lipinski definition) is 0. The van der Waals surface area contributed by atoms with Gasteiger partial charge < -0.3 is 75.8 Å². The van der Waals surface area contributed by atoms with Gasteiger partial charge in [0.25, 0.3) is 0 Å². The van der Waals surface area contributed by atoms with Crippen LogP contribution < -0.4 is 0 Å². The Bertz CT molecular complexity index is 4070. The van der Waals surface area contributed by atoms with Gasteiger partial charge in [-0.3, -0.25) is 0 Å². The molecule has 13 rings (SSSR count). The maximum Gasteiger partial charge on any atom is 0.338 e. The van der Waals surface area contributed by atoms with E-state index in [1.54, 1.807) is 31.4 Å². The fraction of sp³-hybridized carbons (Fsp3) is 0.315. The highest BCUT2D eigenvalue weighted by Gasteiger charge is 2.58. The molecule has 0 amide bonds. The van der Waals surface area contributed by atoms with Crippen molar-refractivity contribution in [1.29, 1.82) is 0 Å². The second kappa shape index (κ2) is 40.1. The van der Waals surface area contributed by atoms with E-state index in [1.807, 2.05) is 279 Å². The summed E-state index contributed by atoms with van der Waals surface area (Å²) in [5, 5.41) is 0. The molecule has 10 aromatic carbocycles. The largest absolute Gasteiger partial charge is 0.450 e. The Kier molecular flexibility index (Phi) is 28.5. The molecule has 10 aromatic rings. The molecular formula is C89H92O17. The zero-order chi connectivity index (χ0) is 72.2. The molecule has 0 aliphatic carbocycles. The van der Waals surface area contributed by atoms with Crippen molar-refractivity contribution in [2.24, 2.45) is 0 Å². The molecule has 15 atom stereocenters. The van der Waals surface area contributed by atoms with Gasteiger partial charge in [-0.1, -0.05) is 291 Å². The number of carbonyl (C=O) groups is 1. The summed E-state index contributed by atoms with van der Waals surface area (Å²) in [5.41, 5.74) is 8.41. The standard InChI is InChI=1S/C89H92O17/c1-91-87-83(80(98-58-70-44-24-8-25-45-70)77(95-55-67-38-18-5-19-39-67)74(101-87)61-92-52-64-32-12-2-13-33-64)105-89-85(82(100-60-72-48-28-10-29-49-72)79(97-57-69-42-22-7-23-43-69)76(103-89)63-94-54-66-36-16-4-17-37-66)106-88-84(104-86(90)73-50-30-11-31-51-73)81(99-59-71-46-26-9-27-47-71)78(96-56-68-40-20-6-21-41-68)75(102-88)62-93-53-65-34-14-3-15-35-65/h2-51,74-85,87-89H,52-63H2,1H3/t74-,75-,76-,77-,78-,79-,80+,81+,82+,83+,84+,85+,87+,88-,89-/m1/s1. The fourth-order valence-corrected chi connectivity index (χ4v) is 13.3. The zero-order valence-electron chi connectivity index (χ0n) is 59.5. The summed E-state index contributed by atoms with van der Waals surface area (Å²) in [4.78, 5) is 15.2. The first-order chi connectivity index (χ1) is 52.4. The molecule has 0 bridgehead atoms. The van der Waals surface area contributed by atoms with E-state index in [9.17, 15) is 0 Å². The van der Waals surface area contributed by atoms with E-state index in [-0.39, 0.29) is 78.2 Å². The van der Waals surface area contributed by atoms with Crippen LogP contribution in [-0.2, 0) is 135 Å². The SMILES string of the molecule is CO[C@H]1O[C@H](COCc2ccccc2)[C@@H](OCc2ccccc2)[C@H](OCc2ccccc2)[C@@H]1O[C@H]1O[C@H](COCc2ccccc2)[C@@H](OCc2ccccc2)[C@H](OCc2ccccc2)[C@@H]1O[C@H]1O[C@H](COCc2ccccc2)[C@@H](OCc2ccccc2)[C@H](OCc2ccccc2)[C@@H]1OC(=O)c1ccccc1. The van der Waals surface area contributed by atoms with Crippen LogP contribution in [0.15, 0.2) is 303 Å². The van der Waals surface area contributed by atoms with Gasteiger partial charge in [0.2, 0.25) is 0 Å². The molecule has 3 aliphatic rings. The molecule has 3 fully saturated rings. The molecule has 17 nitrogen and oxygen atoms in total. The van der Waals surface area contributed by atoms with E-state index < -0.39 is 98.1 Å². The van der Waals surface area contributed by atoms with Gasteiger partial charge in [0, 0.05) is 7.11 Å². The summed E-state index contributed by atoms with van der Waals surface area (Å²) < 4.78 is 115. The van der Waals surface area contributed by atoms with Crippen molar-refractivity contribution in [3.8, 4) is 0 Å². The van der Waals surface area contributed by atoms with Gasteiger partial charge in [0.15, 0.2) is 25.0 Å². The van der Waals surface area contributed by atoms with Crippen LogP contribution in [0.4, 0.5) is 0 Å². The average Bonchev–Trinajstić information content (AvgIpc) is 0.760. The second-order valence-electron chi connectivity index (χ2n) is 26.4. The van der Waals surface area contributed by atoms with Gasteiger partial charge >= 0.3 is 5.97 Å².